The summed E-state index contributed by atoms with van der Waals surface area (Å²) in [5, 5.41) is 23.3. The highest BCUT2D eigenvalue weighted by molar-refractivity contribution is 7.46. The number of methoxy groups -OCH3 is 2. The molecule has 0 amide bonds. The summed E-state index contributed by atoms with van der Waals surface area (Å²) in [4.78, 5) is 41.3. The molecule has 0 radical (unpaired) electrons. The van der Waals surface area contributed by atoms with Crippen LogP contribution in [0.1, 0.15) is 297 Å². The first kappa shape index (κ1) is 84.6. The largest absolute Gasteiger partial charge is 0.472 e. The molecule has 1 unspecified atom stereocenters. The van der Waals surface area contributed by atoms with Gasteiger partial charge in [-0.15, -0.1) is 0 Å². The van der Waals surface area contributed by atoms with E-state index in [9.17, 15) is 38.9 Å². The molecule has 89 heavy (non-hydrogen) atoms. The fraction of sp³-hybridized carbons (Fsp3) is 0.971. The predicted octanol–water partition coefficient (Wildman–Crippen LogP) is 16.0. The van der Waals surface area contributed by atoms with Crippen molar-refractivity contribution in [2.24, 2.45) is 0 Å². The quantitative estimate of drug-likeness (QED) is 0.0188. The molecule has 0 aliphatic carbocycles. The third-order valence-electron chi connectivity index (χ3n) is 17.4. The van der Waals surface area contributed by atoms with Gasteiger partial charge in [0.15, 0.2) is 12.6 Å². The van der Waals surface area contributed by atoms with E-state index in [-0.39, 0.29) is 45.6 Å². The van der Waals surface area contributed by atoms with E-state index in [4.69, 9.17) is 51.7 Å². The molecule has 2 fully saturated rings. The highest BCUT2D eigenvalue weighted by atomic mass is 31.2. The maximum Gasteiger partial charge on any atom is 0.472 e. The van der Waals surface area contributed by atoms with Crippen LogP contribution in [0.15, 0.2) is 12.2 Å². The lowest BCUT2D eigenvalue weighted by molar-refractivity contribution is -0.336. The normalized spacial score (nSPS) is 23.5. The second-order valence-electron chi connectivity index (χ2n) is 25.4. The van der Waals surface area contributed by atoms with Crippen molar-refractivity contribution in [3.8, 4) is 0 Å². The number of aliphatic hydroxyl groups is 2. The second kappa shape index (κ2) is 55.6. The molecule has 2 aliphatic rings. The minimum atomic E-state index is -5.25. The summed E-state index contributed by atoms with van der Waals surface area (Å²) in [6.45, 7) is 8.71. The molecular formula is C68H134O19P2. The number of hydrogen-bond donors (Lipinski definition) is 6. The van der Waals surface area contributed by atoms with Crippen molar-refractivity contribution in [2.75, 3.05) is 53.9 Å². The molecule has 0 aromatic rings. The van der Waals surface area contributed by atoms with Gasteiger partial charge in [0.1, 0.15) is 48.8 Å². The van der Waals surface area contributed by atoms with Gasteiger partial charge in [0, 0.05) is 40.6 Å². The molecule has 19 nitrogen and oxygen atoms in total. The molecular weight excluding hydrogens is 1180 g/mol. The summed E-state index contributed by atoms with van der Waals surface area (Å²) < 4.78 is 92.9. The number of phosphoric acid groups is 2. The Bertz CT molecular complexity index is 1710. The topological polar surface area (TPSA) is 257 Å². The van der Waals surface area contributed by atoms with E-state index >= 15 is 0 Å². The fourth-order valence-electron chi connectivity index (χ4n) is 12.0. The molecule has 2 heterocycles. The highest BCUT2D eigenvalue weighted by Gasteiger charge is 2.53. The number of phosphoric ester groups is 2. The summed E-state index contributed by atoms with van der Waals surface area (Å²) in [6, 6.07) is 0. The van der Waals surface area contributed by atoms with Crippen LogP contribution in [0.2, 0.25) is 0 Å². The minimum absolute atomic E-state index is 0.0316. The van der Waals surface area contributed by atoms with Crippen molar-refractivity contribution in [1.29, 1.82) is 0 Å². The number of rotatable bonds is 63. The maximum atomic E-state index is 12.8. The number of aliphatic hydroxyl groups excluding tert-OH is 2. The molecule has 0 spiro atoms. The third-order valence-corrected chi connectivity index (χ3v) is 18.4. The molecule has 12 atom stereocenters. The minimum Gasteiger partial charge on any atom is -0.393 e. The van der Waals surface area contributed by atoms with Crippen LogP contribution in [0, 0.1) is 0 Å². The van der Waals surface area contributed by atoms with Gasteiger partial charge >= 0.3 is 15.6 Å². The second-order valence-corrected chi connectivity index (χ2v) is 27.8. The predicted molar refractivity (Wildman–Crippen MR) is 353 cm³/mol. The van der Waals surface area contributed by atoms with Crippen LogP contribution in [-0.2, 0) is 60.8 Å². The molecule has 2 saturated heterocycles. The standard InChI is InChI=1S/C68H134O19P2/c1-7-11-15-19-22-25-27-28-29-30-31-32-35-38-42-46-52-80-66-64(81-54-50-58(78-6)48-44-39-18-14-10-4)62(86-88(71,72)73)60(55-77-5)85-67(66)83-56-59-61(70)63(79-51-45-41-37-34-26-23-20-16-12-8-2)65(68(84-59)87-89(74,75)76)82-53-49-57(69)47-43-40-36-33-24-21-17-13-9-3/h25,27,57-70H,7-24,26,28-56H2,1-6H3,(H2,71,72,73)(H2,74,75,76)/b27-25+/t57-,58-,59-,60-,61-,62-,63+,64+,65-,66-,67-,68?/m1/s1. The molecule has 0 aromatic heterocycles. The van der Waals surface area contributed by atoms with Crippen molar-refractivity contribution in [3.05, 3.63) is 12.2 Å². The molecule has 2 rings (SSSR count). The number of allylic oxidation sites excluding steroid dienone is 2. The van der Waals surface area contributed by atoms with Gasteiger partial charge in [-0.2, -0.15) is 0 Å². The Labute approximate surface area is 541 Å². The van der Waals surface area contributed by atoms with Crippen molar-refractivity contribution < 1.29 is 90.6 Å². The summed E-state index contributed by atoms with van der Waals surface area (Å²) in [7, 11) is -7.34. The molecule has 530 valence electrons. The lowest BCUT2D eigenvalue weighted by Crippen LogP contribution is -2.63. The SMILES string of the molecule is CCCCCC/C=C/CCCCCCCCCCO[C@H]1[C@H](OC[C@H]2OC(OP(=O)(O)O)[C@H](OCC[C@H](O)CCCCCCCCCCC)[C@@H](OCCCCCCCCCCCC)[C@@H]2O)O[C@H](COC)[C@@H](OP(=O)(O)O)[C@@H]1OCC[C@@H](CCCCCCC)OC. The Kier molecular flexibility index (Phi) is 52.9. The van der Waals surface area contributed by atoms with Gasteiger partial charge < -0.3 is 72.4 Å². The van der Waals surface area contributed by atoms with E-state index in [0.717, 1.165) is 116 Å². The maximum absolute atomic E-state index is 12.8. The van der Waals surface area contributed by atoms with Crippen LogP contribution < -0.4 is 0 Å². The van der Waals surface area contributed by atoms with Crippen LogP contribution in [-0.4, -0.2) is 157 Å². The summed E-state index contributed by atoms with van der Waals surface area (Å²) >= 11 is 0. The first-order valence-electron chi connectivity index (χ1n) is 36.0. The first-order chi connectivity index (χ1) is 43.1. The zero-order valence-corrected chi connectivity index (χ0v) is 58.7. The Morgan fingerprint density at radius 1 is 0.393 bits per heavy atom. The van der Waals surface area contributed by atoms with Gasteiger partial charge in [-0.1, -0.05) is 245 Å². The number of hydrogen-bond acceptors (Lipinski definition) is 15. The summed E-state index contributed by atoms with van der Waals surface area (Å²) in [5.74, 6) is 0. The molecule has 6 N–H and O–H groups in total. The third kappa shape index (κ3) is 43.3. The van der Waals surface area contributed by atoms with Gasteiger partial charge in [-0.05, 0) is 64.2 Å². The fourth-order valence-corrected chi connectivity index (χ4v) is 13.0. The van der Waals surface area contributed by atoms with E-state index in [2.05, 4.69) is 39.8 Å². The Morgan fingerprint density at radius 2 is 0.787 bits per heavy atom. The van der Waals surface area contributed by atoms with Crippen molar-refractivity contribution >= 4 is 15.6 Å². The van der Waals surface area contributed by atoms with Gasteiger partial charge in [-0.25, -0.2) is 9.13 Å². The van der Waals surface area contributed by atoms with Crippen molar-refractivity contribution in [2.45, 2.75) is 371 Å². The summed E-state index contributed by atoms with van der Waals surface area (Å²) in [6.07, 6.45) is 35.2. The van der Waals surface area contributed by atoms with Crippen molar-refractivity contribution in [1.82, 2.24) is 0 Å². The Balaban J connectivity index is 2.38. The molecule has 0 bridgehead atoms. The van der Waals surface area contributed by atoms with E-state index in [1.165, 1.54) is 129 Å². The van der Waals surface area contributed by atoms with E-state index in [1.807, 2.05) is 0 Å². The summed E-state index contributed by atoms with van der Waals surface area (Å²) in [5.41, 5.74) is 0. The average Bonchev–Trinajstić information content (AvgIpc) is 1.75. The molecule has 0 saturated carbocycles. The highest BCUT2D eigenvalue weighted by Crippen LogP contribution is 2.44. The van der Waals surface area contributed by atoms with Crippen LogP contribution >= 0.6 is 15.6 Å². The first-order valence-corrected chi connectivity index (χ1v) is 39.1. The lowest BCUT2D eigenvalue weighted by Gasteiger charge is -2.47. The smallest absolute Gasteiger partial charge is 0.393 e. The van der Waals surface area contributed by atoms with Crippen LogP contribution in [0.3, 0.4) is 0 Å². The van der Waals surface area contributed by atoms with Gasteiger partial charge in [0.25, 0.3) is 0 Å². The van der Waals surface area contributed by atoms with E-state index in [1.54, 1.807) is 7.11 Å². The zero-order valence-electron chi connectivity index (χ0n) is 56.9. The van der Waals surface area contributed by atoms with Crippen LogP contribution in [0.25, 0.3) is 0 Å². The lowest BCUT2D eigenvalue weighted by atomic mass is 9.97. The average molecular weight is 1320 g/mol. The zero-order chi connectivity index (χ0) is 65.1. The van der Waals surface area contributed by atoms with E-state index in [0.29, 0.717) is 25.7 Å². The van der Waals surface area contributed by atoms with Crippen LogP contribution in [0.4, 0.5) is 0 Å². The van der Waals surface area contributed by atoms with Gasteiger partial charge in [0.05, 0.1) is 25.4 Å². The van der Waals surface area contributed by atoms with Crippen LogP contribution in [0.5, 0.6) is 0 Å². The number of unbranched alkanes of at least 4 members (excludes halogenated alkanes) is 33. The Hall–Kier alpha value is -0.480. The van der Waals surface area contributed by atoms with Crippen molar-refractivity contribution in [3.63, 3.8) is 0 Å². The number of ether oxygens (including phenoxy) is 9. The van der Waals surface area contributed by atoms with Gasteiger partial charge in [-0.3, -0.25) is 9.05 Å². The molecule has 0 aromatic carbocycles. The Morgan fingerprint density at radius 3 is 1.27 bits per heavy atom. The van der Waals surface area contributed by atoms with Gasteiger partial charge in [0.2, 0.25) is 0 Å². The monoisotopic (exact) mass is 1320 g/mol. The molecule has 21 heteroatoms. The molecule has 2 aliphatic heterocycles. The van der Waals surface area contributed by atoms with E-state index < -0.39 is 89.8 Å².